The Bertz CT molecular complexity index is 1780. The molecule has 0 atom stereocenters. The number of benzene rings is 3. The number of hydrogen-bond donors (Lipinski definition) is 2. The van der Waals surface area contributed by atoms with Crippen LogP contribution >= 0.6 is 0 Å². The molecule has 214 valence electrons. The summed E-state index contributed by atoms with van der Waals surface area (Å²) >= 11 is 0. The zero-order chi connectivity index (χ0) is 28.6. The van der Waals surface area contributed by atoms with E-state index in [1.165, 1.54) is 36.3 Å². The number of amides is 1. The molecule has 0 radical (unpaired) electrons. The summed E-state index contributed by atoms with van der Waals surface area (Å²) in [5.41, 5.74) is 6.70. The van der Waals surface area contributed by atoms with Gasteiger partial charge in [0.05, 0.1) is 30.1 Å². The van der Waals surface area contributed by atoms with E-state index in [0.29, 0.717) is 43.5 Å². The first kappa shape index (κ1) is 26.5. The molecule has 1 amide bonds. The Morgan fingerprint density at radius 3 is 2.52 bits per heavy atom. The topological polar surface area (TPSA) is 87.8 Å². The van der Waals surface area contributed by atoms with Crippen molar-refractivity contribution in [2.45, 2.75) is 44.6 Å². The van der Waals surface area contributed by atoms with E-state index in [4.69, 9.17) is 9.72 Å². The molecule has 2 N–H and O–H groups in total. The molecule has 2 fully saturated rings. The van der Waals surface area contributed by atoms with Crippen LogP contribution in [-0.4, -0.2) is 56.9 Å². The molecule has 1 saturated heterocycles. The van der Waals surface area contributed by atoms with Gasteiger partial charge in [-0.05, 0) is 66.3 Å². The van der Waals surface area contributed by atoms with Gasteiger partial charge in [0, 0.05) is 41.0 Å². The number of carbonyl (C=O) groups is 1. The van der Waals surface area contributed by atoms with E-state index >= 15 is 0 Å². The number of hydrogen-bond acceptors (Lipinski definition) is 5. The van der Waals surface area contributed by atoms with Crippen molar-refractivity contribution in [2.24, 2.45) is 0 Å². The minimum absolute atomic E-state index is 0.00922. The summed E-state index contributed by atoms with van der Waals surface area (Å²) in [5, 5.41) is 22.3. The van der Waals surface area contributed by atoms with E-state index in [0.717, 1.165) is 40.5 Å². The molecule has 42 heavy (non-hydrogen) atoms. The number of aromatic hydroxyl groups is 2. The highest BCUT2D eigenvalue weighted by Crippen LogP contribution is 2.44. The molecule has 3 aromatic carbocycles. The van der Waals surface area contributed by atoms with Gasteiger partial charge in [-0.15, -0.1) is 0 Å². The van der Waals surface area contributed by atoms with Crippen LogP contribution in [0.5, 0.6) is 11.5 Å². The van der Waals surface area contributed by atoms with Gasteiger partial charge in [-0.1, -0.05) is 49.6 Å². The third-order valence-electron chi connectivity index (χ3n) is 8.90. The highest BCUT2D eigenvalue weighted by atomic mass is 16.5. The van der Waals surface area contributed by atoms with Crippen molar-refractivity contribution >= 4 is 27.7 Å². The van der Waals surface area contributed by atoms with Crippen molar-refractivity contribution in [3.8, 4) is 34.0 Å². The first-order valence-electron chi connectivity index (χ1n) is 15.0. The minimum atomic E-state index is -0.00922. The van der Waals surface area contributed by atoms with E-state index in [1.807, 2.05) is 23.1 Å². The number of morpholine rings is 1. The average Bonchev–Trinajstić information content (AvgIpc) is 3.35. The lowest BCUT2D eigenvalue weighted by molar-refractivity contribution is -0.135. The molecule has 1 aliphatic carbocycles. The molecular formula is C35H35N3O4. The lowest BCUT2D eigenvalue weighted by Gasteiger charge is -2.28. The third-order valence-corrected chi connectivity index (χ3v) is 8.90. The van der Waals surface area contributed by atoms with Gasteiger partial charge in [0.15, 0.2) is 0 Å². The van der Waals surface area contributed by atoms with Gasteiger partial charge in [-0.3, -0.25) is 4.79 Å². The quantitative estimate of drug-likeness (QED) is 0.245. The van der Waals surface area contributed by atoms with E-state index < -0.39 is 0 Å². The smallest absolute Gasteiger partial charge is 0.242 e. The van der Waals surface area contributed by atoms with Gasteiger partial charge in [0.25, 0.3) is 0 Å². The van der Waals surface area contributed by atoms with Crippen molar-refractivity contribution in [3.63, 3.8) is 0 Å². The summed E-state index contributed by atoms with van der Waals surface area (Å²) in [7, 11) is 0. The highest BCUT2D eigenvalue weighted by Gasteiger charge is 2.28. The lowest BCUT2D eigenvalue weighted by Crippen LogP contribution is -2.42. The fraction of sp³-hybridized carbons (Fsp3) is 0.314. The predicted molar refractivity (Wildman–Crippen MR) is 165 cm³/mol. The molecule has 0 bridgehead atoms. The fourth-order valence-corrected chi connectivity index (χ4v) is 6.82. The lowest BCUT2D eigenvalue weighted by atomic mass is 9.82. The maximum atomic E-state index is 13.6. The molecule has 7 rings (SSSR count). The standard InChI is InChI=1S/C35H35N3O4/c39-26-12-13-27(32(40)21-26)30-15-10-24-20-25(11-14-29(24)36-30)35-34(23-6-2-1-3-7-23)28-8-4-5-9-31(28)38(35)22-33(41)37-16-18-42-19-17-37/h4-5,8-15,20-21,23,39-40H,1-3,6-7,16-19,22H2. The van der Waals surface area contributed by atoms with Gasteiger partial charge in [-0.25, -0.2) is 4.98 Å². The van der Waals surface area contributed by atoms with E-state index in [-0.39, 0.29) is 24.0 Å². The molecule has 0 spiro atoms. The van der Waals surface area contributed by atoms with Crippen molar-refractivity contribution < 1.29 is 19.7 Å². The SMILES string of the molecule is O=C(Cn1c(-c2ccc3nc(-c4ccc(O)cc4O)ccc3c2)c(C2CCCCC2)c2ccccc21)N1CCOCC1. The first-order chi connectivity index (χ1) is 20.6. The largest absolute Gasteiger partial charge is 0.508 e. The molecular weight excluding hydrogens is 526 g/mol. The van der Waals surface area contributed by atoms with Crippen LogP contribution in [0, 0.1) is 0 Å². The number of carbonyl (C=O) groups excluding carboxylic acids is 1. The predicted octanol–water partition coefficient (Wildman–Crippen LogP) is 6.84. The van der Waals surface area contributed by atoms with Crippen LogP contribution in [0.15, 0.2) is 72.8 Å². The number of ether oxygens (including phenoxy) is 1. The molecule has 1 saturated carbocycles. The minimum Gasteiger partial charge on any atom is -0.508 e. The Labute approximate surface area is 245 Å². The van der Waals surface area contributed by atoms with Crippen LogP contribution in [0.4, 0.5) is 0 Å². The van der Waals surface area contributed by atoms with E-state index in [9.17, 15) is 15.0 Å². The Balaban J connectivity index is 1.36. The van der Waals surface area contributed by atoms with Crippen LogP contribution in [0.25, 0.3) is 44.3 Å². The molecule has 3 heterocycles. The Morgan fingerprint density at radius 1 is 0.905 bits per heavy atom. The Hall–Kier alpha value is -4.36. The number of phenols is 2. The van der Waals surface area contributed by atoms with Crippen molar-refractivity contribution in [2.75, 3.05) is 26.3 Å². The first-order valence-corrected chi connectivity index (χ1v) is 15.0. The average molecular weight is 562 g/mol. The van der Waals surface area contributed by atoms with Gasteiger partial charge in [0.2, 0.25) is 5.91 Å². The third kappa shape index (κ3) is 4.88. The zero-order valence-corrected chi connectivity index (χ0v) is 23.6. The van der Waals surface area contributed by atoms with Gasteiger partial charge in [-0.2, -0.15) is 0 Å². The van der Waals surface area contributed by atoms with Crippen LogP contribution in [0.2, 0.25) is 0 Å². The normalized spacial score (nSPS) is 16.3. The van der Waals surface area contributed by atoms with Gasteiger partial charge >= 0.3 is 0 Å². The number of pyridine rings is 1. The summed E-state index contributed by atoms with van der Waals surface area (Å²) in [6, 6.07) is 23.3. The number of fused-ring (bicyclic) bond motifs is 2. The van der Waals surface area contributed by atoms with Crippen LogP contribution < -0.4 is 0 Å². The van der Waals surface area contributed by atoms with Crippen molar-refractivity contribution in [3.05, 3.63) is 78.4 Å². The molecule has 7 heteroatoms. The van der Waals surface area contributed by atoms with Crippen LogP contribution in [-0.2, 0) is 16.1 Å². The fourth-order valence-electron chi connectivity index (χ4n) is 6.82. The summed E-state index contributed by atoms with van der Waals surface area (Å²) in [4.78, 5) is 20.4. The zero-order valence-electron chi connectivity index (χ0n) is 23.6. The van der Waals surface area contributed by atoms with Crippen LogP contribution in [0.3, 0.4) is 0 Å². The number of nitrogens with zero attached hydrogens (tertiary/aromatic N) is 3. The number of rotatable bonds is 5. The molecule has 0 unspecified atom stereocenters. The summed E-state index contributed by atoms with van der Waals surface area (Å²) in [6.07, 6.45) is 6.05. The molecule has 5 aromatic rings. The van der Waals surface area contributed by atoms with Crippen molar-refractivity contribution in [1.29, 1.82) is 0 Å². The molecule has 2 aliphatic rings. The number of para-hydroxylation sites is 1. The Morgan fingerprint density at radius 2 is 1.71 bits per heavy atom. The summed E-state index contributed by atoms with van der Waals surface area (Å²) in [5.74, 6) is 0.575. The van der Waals surface area contributed by atoms with Crippen LogP contribution in [0.1, 0.15) is 43.6 Å². The Kier molecular flexibility index (Phi) is 7.04. The summed E-state index contributed by atoms with van der Waals surface area (Å²) < 4.78 is 7.75. The highest BCUT2D eigenvalue weighted by molar-refractivity contribution is 5.96. The van der Waals surface area contributed by atoms with Crippen molar-refractivity contribution in [1.82, 2.24) is 14.5 Å². The summed E-state index contributed by atoms with van der Waals surface area (Å²) in [6.45, 7) is 2.71. The maximum absolute atomic E-state index is 13.6. The van der Waals surface area contributed by atoms with E-state index in [1.54, 1.807) is 12.1 Å². The second kappa shape index (κ2) is 11.1. The maximum Gasteiger partial charge on any atom is 0.242 e. The van der Waals surface area contributed by atoms with Gasteiger partial charge in [0.1, 0.15) is 18.0 Å². The second-order valence-electron chi connectivity index (χ2n) is 11.5. The second-order valence-corrected chi connectivity index (χ2v) is 11.5. The van der Waals surface area contributed by atoms with E-state index in [2.05, 4.69) is 41.0 Å². The molecule has 1 aliphatic heterocycles. The number of aromatic nitrogens is 2. The monoisotopic (exact) mass is 561 g/mol. The van der Waals surface area contributed by atoms with Gasteiger partial charge < -0.3 is 24.4 Å². The molecule has 7 nitrogen and oxygen atoms in total. The number of phenolic OH excluding ortho intramolecular Hbond substituents is 2. The molecule has 2 aromatic heterocycles.